The van der Waals surface area contributed by atoms with Crippen LogP contribution in [0.15, 0.2) is 88.7 Å². The number of alkyl halides is 3. The molecule has 40 heavy (non-hydrogen) atoms. The molecule has 2 aliphatic rings. The first-order chi connectivity index (χ1) is 18.9. The third kappa shape index (κ3) is 7.21. The summed E-state index contributed by atoms with van der Waals surface area (Å²) in [5.41, 5.74) is 3.15. The maximum absolute atomic E-state index is 13.8. The van der Waals surface area contributed by atoms with E-state index >= 15 is 0 Å². The fourth-order valence-electron chi connectivity index (χ4n) is 5.61. The summed E-state index contributed by atoms with van der Waals surface area (Å²) in [6.45, 7) is 4.78. The van der Waals surface area contributed by atoms with E-state index in [-0.39, 0.29) is 28.2 Å². The van der Waals surface area contributed by atoms with Gasteiger partial charge in [-0.25, -0.2) is 16.8 Å². The van der Waals surface area contributed by atoms with E-state index in [9.17, 15) is 16.8 Å². The van der Waals surface area contributed by atoms with Gasteiger partial charge in [-0.2, -0.15) is 8.61 Å². The number of rotatable bonds is 6. The molecule has 2 saturated heterocycles. The van der Waals surface area contributed by atoms with Crippen molar-refractivity contribution >= 4 is 54.8 Å². The number of hydrogen-bond acceptors (Lipinski definition) is 4. The highest BCUT2D eigenvalue weighted by Crippen LogP contribution is 2.42. The van der Waals surface area contributed by atoms with Gasteiger partial charge in [-0.05, 0) is 68.4 Å². The topological polar surface area (TPSA) is 74.8 Å². The smallest absolute Gasteiger partial charge is 0.207 e. The molecule has 0 bridgehead atoms. The zero-order valence-electron chi connectivity index (χ0n) is 22.3. The molecule has 0 aliphatic carbocycles. The average Bonchev–Trinajstić information content (AvgIpc) is 3.28. The Hall–Kier alpha value is -1.65. The van der Waals surface area contributed by atoms with Crippen molar-refractivity contribution in [2.75, 3.05) is 19.6 Å². The number of fused-ring (bicyclic) bond motifs is 1. The molecule has 2 aliphatic heterocycles. The van der Waals surface area contributed by atoms with Crippen molar-refractivity contribution in [2.45, 2.75) is 46.8 Å². The molecule has 0 saturated carbocycles. The van der Waals surface area contributed by atoms with Crippen LogP contribution in [0.5, 0.6) is 0 Å². The second-order valence-electron chi connectivity index (χ2n) is 10.3. The Labute approximate surface area is 253 Å². The van der Waals surface area contributed by atoms with Gasteiger partial charge >= 0.3 is 0 Å². The van der Waals surface area contributed by atoms with Crippen LogP contribution in [0, 0.1) is 25.7 Å². The zero-order valence-corrected chi connectivity index (χ0v) is 26.2. The third-order valence-electron chi connectivity index (χ3n) is 7.61. The number of aryl methyl sites for hydroxylation is 2. The van der Waals surface area contributed by atoms with Crippen molar-refractivity contribution in [3.63, 3.8) is 0 Å². The molecule has 3 aromatic carbocycles. The molecular weight excluding hydrogens is 611 g/mol. The highest BCUT2D eigenvalue weighted by atomic mass is 35.6. The van der Waals surface area contributed by atoms with E-state index in [0.717, 1.165) is 17.5 Å². The maximum Gasteiger partial charge on any atom is 0.243 e. The molecule has 0 radical (unpaired) electrons. The predicted octanol–water partition coefficient (Wildman–Crippen LogP) is 6.23. The Morgan fingerprint density at radius 2 is 1.25 bits per heavy atom. The summed E-state index contributed by atoms with van der Waals surface area (Å²) in [7, 11) is -7.50. The van der Waals surface area contributed by atoms with Gasteiger partial charge in [0.05, 0.1) is 9.79 Å². The highest BCUT2D eigenvalue weighted by Gasteiger charge is 2.50. The monoisotopic (exact) mass is 642 g/mol. The van der Waals surface area contributed by atoms with Crippen LogP contribution in [0.1, 0.15) is 23.1 Å². The second-order valence-corrected chi connectivity index (χ2v) is 16.1. The molecule has 2 fully saturated rings. The second kappa shape index (κ2) is 13.1. The molecular formula is C29H33Cl3N2O4S2. The lowest BCUT2D eigenvalue weighted by Gasteiger charge is -2.38. The average molecular weight is 644 g/mol. The van der Waals surface area contributed by atoms with Crippen LogP contribution in [0.2, 0.25) is 0 Å². The van der Waals surface area contributed by atoms with Gasteiger partial charge in [0.15, 0.2) is 4.30 Å². The SMILES string of the molecule is Cc1ccc(S(=O)(=O)N2CC[C@@H]3[C@@H](Cc4ccccc4)CN(S(=O)(=O)c4ccc(C)cc4)[C@@H]3C2)cc1.ClC(Cl)Cl. The molecule has 0 amide bonds. The van der Waals surface area contributed by atoms with Crippen LogP contribution in [0.3, 0.4) is 0 Å². The number of hydrogen-bond donors (Lipinski definition) is 0. The minimum atomic E-state index is -3.78. The molecule has 0 aromatic heterocycles. The molecule has 6 nitrogen and oxygen atoms in total. The standard InChI is InChI=1S/C28H32N2O4S2.CHCl3/c1-21-8-12-25(13-9-21)35(31,32)29-17-16-27-24(18-23-6-4-3-5-7-23)19-30(28(27)20-29)36(33,34)26-14-10-22(2)11-15-26;2-1(3)4/h3-15,24,27-28H,16-20H2,1-2H3;1H/t24-,27+,28+;/m0./s1. The van der Waals surface area contributed by atoms with E-state index < -0.39 is 30.4 Å². The van der Waals surface area contributed by atoms with Crippen molar-refractivity contribution in [2.24, 2.45) is 11.8 Å². The first kappa shape index (κ1) is 31.3. The zero-order chi connectivity index (χ0) is 29.1. The summed E-state index contributed by atoms with van der Waals surface area (Å²) in [5.74, 6) is 0.219. The molecule has 3 atom stereocenters. The van der Waals surface area contributed by atoms with Crippen LogP contribution < -0.4 is 0 Å². The molecule has 11 heteroatoms. The van der Waals surface area contributed by atoms with Crippen molar-refractivity contribution in [3.05, 3.63) is 95.6 Å². The quantitative estimate of drug-likeness (QED) is 0.299. The Balaban J connectivity index is 0.000000867. The van der Waals surface area contributed by atoms with Gasteiger partial charge in [-0.3, -0.25) is 0 Å². The summed E-state index contributed by atoms with van der Waals surface area (Å²) < 4.78 is 56.9. The minimum absolute atomic E-state index is 0.0925. The van der Waals surface area contributed by atoms with Gasteiger partial charge < -0.3 is 0 Å². The van der Waals surface area contributed by atoms with Crippen molar-refractivity contribution in [1.82, 2.24) is 8.61 Å². The molecule has 5 rings (SSSR count). The number of piperidine rings is 1. The normalized spacial score (nSPS) is 22.0. The van der Waals surface area contributed by atoms with Crippen molar-refractivity contribution in [1.29, 1.82) is 0 Å². The van der Waals surface area contributed by atoms with Gasteiger partial charge in [-0.1, -0.05) is 101 Å². The summed E-state index contributed by atoms with van der Waals surface area (Å²) in [4.78, 5) is 0.504. The summed E-state index contributed by atoms with van der Waals surface area (Å²) in [6.07, 6.45) is 1.40. The molecule has 0 spiro atoms. The van der Waals surface area contributed by atoms with Gasteiger partial charge in [-0.15, -0.1) is 0 Å². The lowest BCUT2D eigenvalue weighted by atomic mass is 9.82. The van der Waals surface area contributed by atoms with Crippen LogP contribution >= 0.6 is 34.8 Å². The largest absolute Gasteiger partial charge is 0.243 e. The summed E-state index contributed by atoms with van der Waals surface area (Å²) in [6, 6.07) is 23.5. The minimum Gasteiger partial charge on any atom is -0.207 e. The number of benzene rings is 3. The highest BCUT2D eigenvalue weighted by molar-refractivity contribution is 7.89. The first-order valence-corrected chi connectivity index (χ1v) is 17.2. The Morgan fingerprint density at radius 1 is 0.750 bits per heavy atom. The van der Waals surface area contributed by atoms with Crippen LogP contribution in [-0.4, -0.2) is 55.4 Å². The fourth-order valence-corrected chi connectivity index (χ4v) is 8.80. The van der Waals surface area contributed by atoms with E-state index in [4.69, 9.17) is 34.8 Å². The van der Waals surface area contributed by atoms with Gasteiger partial charge in [0.2, 0.25) is 20.0 Å². The molecule has 216 valence electrons. The van der Waals surface area contributed by atoms with Crippen LogP contribution in [0.4, 0.5) is 0 Å². The summed E-state index contributed by atoms with van der Waals surface area (Å²) in [5, 5.41) is 0. The fraction of sp³-hybridized carbons (Fsp3) is 0.379. The molecule has 3 aromatic rings. The van der Waals surface area contributed by atoms with Gasteiger partial charge in [0.25, 0.3) is 0 Å². The predicted molar refractivity (Wildman–Crippen MR) is 162 cm³/mol. The third-order valence-corrected chi connectivity index (χ3v) is 11.4. The Kier molecular flexibility index (Phi) is 10.3. The number of halogens is 3. The molecule has 0 unspecified atom stereocenters. The Morgan fingerprint density at radius 3 is 1.77 bits per heavy atom. The van der Waals surface area contributed by atoms with E-state index in [1.807, 2.05) is 32.0 Å². The maximum atomic E-state index is 13.8. The lowest BCUT2D eigenvalue weighted by Crippen LogP contribution is -2.51. The first-order valence-electron chi connectivity index (χ1n) is 13.0. The van der Waals surface area contributed by atoms with E-state index in [2.05, 4.69) is 12.1 Å². The molecule has 2 heterocycles. The van der Waals surface area contributed by atoms with Crippen molar-refractivity contribution < 1.29 is 16.8 Å². The van der Waals surface area contributed by atoms with Crippen LogP contribution in [-0.2, 0) is 26.5 Å². The van der Waals surface area contributed by atoms with Crippen LogP contribution in [0.25, 0.3) is 0 Å². The molecule has 0 N–H and O–H groups in total. The van der Waals surface area contributed by atoms with Crippen molar-refractivity contribution in [3.8, 4) is 0 Å². The Bertz CT molecular complexity index is 1480. The number of sulfonamides is 2. The van der Waals surface area contributed by atoms with Gasteiger partial charge in [0.1, 0.15) is 0 Å². The van der Waals surface area contributed by atoms with Gasteiger partial charge in [0, 0.05) is 25.7 Å². The lowest BCUT2D eigenvalue weighted by molar-refractivity contribution is 0.191. The summed E-state index contributed by atoms with van der Waals surface area (Å²) >= 11 is 14.4. The number of nitrogens with zero attached hydrogens (tertiary/aromatic N) is 2. The van der Waals surface area contributed by atoms with E-state index in [1.54, 1.807) is 52.8 Å². The van der Waals surface area contributed by atoms with E-state index in [1.165, 1.54) is 9.87 Å². The van der Waals surface area contributed by atoms with E-state index in [0.29, 0.717) is 19.5 Å².